The molecule has 0 N–H and O–H groups in total. The summed E-state index contributed by atoms with van der Waals surface area (Å²) in [5, 5.41) is 10.8. The molecule has 0 aliphatic heterocycles. The summed E-state index contributed by atoms with van der Waals surface area (Å²) in [5.74, 6) is -1.53. The van der Waals surface area contributed by atoms with E-state index in [0.717, 1.165) is 12.1 Å². The van der Waals surface area contributed by atoms with Gasteiger partial charge in [-0.05, 0) is 17.7 Å². The van der Waals surface area contributed by atoms with Crippen molar-refractivity contribution >= 4 is 11.5 Å². The van der Waals surface area contributed by atoms with Crippen molar-refractivity contribution in [3.8, 4) is 0 Å². The number of nitrogens with zero attached hydrogens (tertiary/aromatic N) is 2. The number of pyridine rings is 1. The Kier molecular flexibility index (Phi) is 3.61. The molecule has 0 aliphatic rings. The predicted molar refractivity (Wildman–Crippen MR) is 65.3 cm³/mol. The molecular formula is C13H9FN2O3. The van der Waals surface area contributed by atoms with E-state index in [4.69, 9.17) is 0 Å². The molecule has 0 spiro atoms. The van der Waals surface area contributed by atoms with E-state index in [9.17, 15) is 19.3 Å². The second-order valence-electron chi connectivity index (χ2n) is 3.85. The van der Waals surface area contributed by atoms with Gasteiger partial charge in [-0.15, -0.1) is 0 Å². The van der Waals surface area contributed by atoms with Crippen molar-refractivity contribution in [3.63, 3.8) is 0 Å². The molecule has 0 saturated heterocycles. The molecule has 0 unspecified atom stereocenters. The fourth-order valence-corrected chi connectivity index (χ4v) is 1.72. The largest absolute Gasteiger partial charge is 0.293 e. The second-order valence-corrected chi connectivity index (χ2v) is 3.85. The second kappa shape index (κ2) is 5.34. The normalized spacial score (nSPS) is 10.2. The van der Waals surface area contributed by atoms with Gasteiger partial charge in [-0.25, -0.2) is 4.39 Å². The van der Waals surface area contributed by atoms with E-state index in [2.05, 4.69) is 4.98 Å². The van der Waals surface area contributed by atoms with Crippen molar-refractivity contribution in [2.45, 2.75) is 6.42 Å². The molecule has 5 nitrogen and oxygen atoms in total. The fourth-order valence-electron chi connectivity index (χ4n) is 1.72. The molecule has 1 aromatic heterocycles. The van der Waals surface area contributed by atoms with Gasteiger partial charge in [-0.3, -0.25) is 19.9 Å². The first-order valence-electron chi connectivity index (χ1n) is 5.44. The van der Waals surface area contributed by atoms with Crippen molar-refractivity contribution in [1.29, 1.82) is 0 Å². The molecule has 6 heteroatoms. The third-order valence-electron chi connectivity index (χ3n) is 2.55. The maximum atomic E-state index is 13.6. The Morgan fingerprint density at radius 1 is 1.32 bits per heavy atom. The van der Waals surface area contributed by atoms with Crippen LogP contribution in [0.3, 0.4) is 0 Å². The average molecular weight is 260 g/mol. The summed E-state index contributed by atoms with van der Waals surface area (Å²) in [6.07, 6.45) is 2.87. The van der Waals surface area contributed by atoms with Crippen LogP contribution in [-0.2, 0) is 6.42 Å². The van der Waals surface area contributed by atoms with Crippen LogP contribution in [0.25, 0.3) is 0 Å². The zero-order valence-electron chi connectivity index (χ0n) is 9.75. The number of carbonyl (C=O) groups excluding carboxylic acids is 1. The monoisotopic (exact) mass is 260 g/mol. The third kappa shape index (κ3) is 2.79. The van der Waals surface area contributed by atoms with Gasteiger partial charge < -0.3 is 0 Å². The highest BCUT2D eigenvalue weighted by Crippen LogP contribution is 2.23. The van der Waals surface area contributed by atoms with E-state index in [1.165, 1.54) is 12.3 Å². The highest BCUT2D eigenvalue weighted by molar-refractivity contribution is 6.01. The van der Waals surface area contributed by atoms with Crippen LogP contribution in [0, 0.1) is 15.9 Å². The van der Waals surface area contributed by atoms with Gasteiger partial charge in [-0.1, -0.05) is 12.1 Å². The van der Waals surface area contributed by atoms with Gasteiger partial charge in [-0.2, -0.15) is 0 Å². The van der Waals surface area contributed by atoms with Gasteiger partial charge >= 0.3 is 0 Å². The van der Waals surface area contributed by atoms with Crippen molar-refractivity contribution in [1.82, 2.24) is 4.98 Å². The summed E-state index contributed by atoms with van der Waals surface area (Å²) < 4.78 is 13.6. The summed E-state index contributed by atoms with van der Waals surface area (Å²) in [6, 6.07) is 6.63. The number of benzene rings is 1. The third-order valence-corrected chi connectivity index (χ3v) is 2.55. The van der Waals surface area contributed by atoms with Crippen LogP contribution in [0.4, 0.5) is 10.1 Å². The molecule has 96 valence electrons. The van der Waals surface area contributed by atoms with E-state index in [0.29, 0.717) is 5.56 Å². The molecule has 0 atom stereocenters. The van der Waals surface area contributed by atoms with E-state index < -0.39 is 27.8 Å². The molecule has 0 bridgehead atoms. The van der Waals surface area contributed by atoms with E-state index in [-0.39, 0.29) is 6.42 Å². The van der Waals surface area contributed by atoms with Crippen LogP contribution < -0.4 is 0 Å². The van der Waals surface area contributed by atoms with Crippen molar-refractivity contribution < 1.29 is 14.1 Å². The summed E-state index contributed by atoms with van der Waals surface area (Å²) >= 11 is 0. The lowest BCUT2D eigenvalue weighted by Crippen LogP contribution is -2.09. The molecule has 1 heterocycles. The first-order valence-corrected chi connectivity index (χ1v) is 5.44. The smallest absolute Gasteiger partial charge is 0.283 e. The number of nitro groups is 1. The van der Waals surface area contributed by atoms with E-state index in [1.807, 2.05) is 0 Å². The molecule has 0 fully saturated rings. The van der Waals surface area contributed by atoms with Crippen molar-refractivity contribution in [2.75, 3.05) is 0 Å². The van der Waals surface area contributed by atoms with Crippen molar-refractivity contribution in [2.24, 2.45) is 0 Å². The van der Waals surface area contributed by atoms with Crippen LogP contribution in [0.2, 0.25) is 0 Å². The number of Topliss-reactive ketones (excluding diaryl/α,β-unsaturated/α-hetero) is 1. The number of nitro benzene ring substituents is 1. The van der Waals surface area contributed by atoms with Gasteiger partial charge in [0, 0.05) is 24.9 Å². The molecule has 19 heavy (non-hydrogen) atoms. The number of aromatic nitrogens is 1. The molecule has 0 radical (unpaired) electrons. The molecule has 0 aliphatic carbocycles. The lowest BCUT2D eigenvalue weighted by atomic mass is 10.0. The lowest BCUT2D eigenvalue weighted by Gasteiger charge is -2.03. The molecule has 2 aromatic rings. The standard InChI is InChI=1S/C13H9FN2O3/c14-10-4-1-5-11(16(18)19)13(10)12(17)7-9-3-2-6-15-8-9/h1-6,8H,7H2. The van der Waals surface area contributed by atoms with Crippen LogP contribution >= 0.6 is 0 Å². The van der Waals surface area contributed by atoms with Crippen LogP contribution in [0.5, 0.6) is 0 Å². The minimum absolute atomic E-state index is 0.129. The zero-order chi connectivity index (χ0) is 13.8. The number of hydrogen-bond donors (Lipinski definition) is 0. The Morgan fingerprint density at radius 2 is 2.11 bits per heavy atom. The number of carbonyl (C=O) groups is 1. The molecule has 1 aromatic carbocycles. The Balaban J connectivity index is 2.36. The summed E-state index contributed by atoms with van der Waals surface area (Å²) in [6.45, 7) is 0. The Bertz CT molecular complexity index is 629. The highest BCUT2D eigenvalue weighted by Gasteiger charge is 2.24. The number of rotatable bonds is 4. The predicted octanol–water partition coefficient (Wildman–Crippen LogP) is 2.55. The maximum Gasteiger partial charge on any atom is 0.283 e. The molecule has 2 rings (SSSR count). The lowest BCUT2D eigenvalue weighted by molar-refractivity contribution is -0.385. The fraction of sp³-hybridized carbons (Fsp3) is 0.0769. The van der Waals surface area contributed by atoms with Gasteiger partial charge in [0.1, 0.15) is 11.4 Å². The molecule has 0 saturated carbocycles. The van der Waals surface area contributed by atoms with Crippen molar-refractivity contribution in [3.05, 3.63) is 69.8 Å². The Hall–Kier alpha value is -2.63. The van der Waals surface area contributed by atoms with Gasteiger partial charge in [0.2, 0.25) is 0 Å². The maximum absolute atomic E-state index is 13.6. The van der Waals surface area contributed by atoms with Crippen LogP contribution in [0.15, 0.2) is 42.7 Å². The number of hydrogen-bond acceptors (Lipinski definition) is 4. The van der Waals surface area contributed by atoms with Gasteiger partial charge in [0.05, 0.1) is 4.92 Å². The van der Waals surface area contributed by atoms with Crippen LogP contribution in [0.1, 0.15) is 15.9 Å². The minimum atomic E-state index is -0.886. The first kappa shape index (κ1) is 12.8. The van der Waals surface area contributed by atoms with Gasteiger partial charge in [0.15, 0.2) is 5.78 Å². The molecule has 0 amide bonds. The SMILES string of the molecule is O=C(Cc1cccnc1)c1c(F)cccc1[N+](=O)[O-]. The Labute approximate surface area is 107 Å². The summed E-state index contributed by atoms with van der Waals surface area (Å²) in [7, 11) is 0. The van der Waals surface area contributed by atoms with E-state index >= 15 is 0 Å². The molecular weight excluding hydrogens is 251 g/mol. The summed E-state index contributed by atoms with van der Waals surface area (Å²) in [5.41, 5.74) is -0.435. The quantitative estimate of drug-likeness (QED) is 0.481. The zero-order valence-corrected chi connectivity index (χ0v) is 9.75. The minimum Gasteiger partial charge on any atom is -0.293 e. The Morgan fingerprint density at radius 3 is 2.74 bits per heavy atom. The average Bonchev–Trinajstić information content (AvgIpc) is 2.39. The number of halogens is 1. The van der Waals surface area contributed by atoms with Crippen LogP contribution in [-0.4, -0.2) is 15.7 Å². The summed E-state index contributed by atoms with van der Waals surface area (Å²) in [4.78, 5) is 25.9. The first-order chi connectivity index (χ1) is 9.09. The van der Waals surface area contributed by atoms with E-state index in [1.54, 1.807) is 18.3 Å². The van der Waals surface area contributed by atoms with Gasteiger partial charge in [0.25, 0.3) is 5.69 Å². The number of ketones is 1. The highest BCUT2D eigenvalue weighted by atomic mass is 19.1. The topological polar surface area (TPSA) is 73.1 Å².